The Morgan fingerprint density at radius 2 is 1.67 bits per heavy atom. The first-order valence-electron chi connectivity index (χ1n) is 11.5. The van der Waals surface area contributed by atoms with Gasteiger partial charge in [-0.25, -0.2) is 0 Å². The van der Waals surface area contributed by atoms with Gasteiger partial charge >= 0.3 is 5.97 Å². The molecule has 4 aliphatic rings. The highest BCUT2D eigenvalue weighted by atomic mass is 16.5. The highest BCUT2D eigenvalue weighted by Crippen LogP contribution is 2.75. The minimum atomic E-state index is -2.39. The molecule has 7 heteroatoms. The van der Waals surface area contributed by atoms with Gasteiger partial charge in [-0.2, -0.15) is 0 Å². The van der Waals surface area contributed by atoms with Crippen LogP contribution in [0, 0.1) is 33.0 Å². The van der Waals surface area contributed by atoms with Gasteiger partial charge in [-0.3, -0.25) is 19.2 Å². The summed E-state index contributed by atoms with van der Waals surface area (Å²) in [5, 5.41) is 22.5. The minimum absolute atomic E-state index is 0.0596. The van der Waals surface area contributed by atoms with Gasteiger partial charge in [0.05, 0.1) is 18.6 Å². The Morgan fingerprint density at radius 1 is 1.09 bits per heavy atom. The monoisotopic (exact) mass is 458 g/mol. The van der Waals surface area contributed by atoms with Crippen LogP contribution in [0.15, 0.2) is 23.8 Å². The first kappa shape index (κ1) is 24.0. The molecule has 0 saturated heterocycles. The molecular formula is C26H34O7. The highest BCUT2D eigenvalue weighted by molar-refractivity contribution is 6.26. The summed E-state index contributed by atoms with van der Waals surface area (Å²) in [5.41, 5.74) is -7.81. The van der Waals surface area contributed by atoms with Crippen molar-refractivity contribution in [1.82, 2.24) is 0 Å². The normalized spacial score (nSPS) is 48.6. The van der Waals surface area contributed by atoms with Crippen LogP contribution in [0.3, 0.4) is 0 Å². The Hall–Kier alpha value is -2.12. The van der Waals surface area contributed by atoms with Crippen LogP contribution in [0.1, 0.15) is 60.8 Å². The number of methoxy groups -OCH3 is 1. The maximum absolute atomic E-state index is 14.0. The number of ether oxygens (including phenoxy) is 1. The van der Waals surface area contributed by atoms with Crippen LogP contribution in [-0.4, -0.2) is 52.3 Å². The SMILES string of the molecule is C=C1C2(C)CC3C4(C)C(=CCC3(C)C1(C(=O)OC)C(=O)C(C)(O)C2=O)C(C)(C)C(=O)CC4O. The molecule has 0 radical (unpaired) electrons. The summed E-state index contributed by atoms with van der Waals surface area (Å²) in [5.74, 6) is -3.10. The van der Waals surface area contributed by atoms with Crippen LogP contribution >= 0.6 is 0 Å². The molecule has 4 rings (SSSR count). The fourth-order valence-electron chi connectivity index (χ4n) is 8.03. The van der Waals surface area contributed by atoms with E-state index in [1.54, 1.807) is 13.8 Å². The fourth-order valence-corrected chi connectivity index (χ4v) is 8.03. The van der Waals surface area contributed by atoms with Crippen LogP contribution in [0.5, 0.6) is 0 Å². The van der Waals surface area contributed by atoms with E-state index in [1.807, 2.05) is 26.8 Å². The number of hydrogen-bond donors (Lipinski definition) is 2. The van der Waals surface area contributed by atoms with Crippen molar-refractivity contribution in [3.8, 4) is 0 Å². The summed E-state index contributed by atoms with van der Waals surface area (Å²) in [4.78, 5) is 53.9. The number of rotatable bonds is 1. The van der Waals surface area contributed by atoms with Crippen molar-refractivity contribution in [1.29, 1.82) is 0 Å². The zero-order valence-electron chi connectivity index (χ0n) is 20.5. The molecule has 7 nitrogen and oxygen atoms in total. The number of hydrogen-bond acceptors (Lipinski definition) is 7. The van der Waals surface area contributed by atoms with E-state index < -0.39 is 62.2 Å². The molecule has 0 aromatic rings. The number of carbonyl (C=O) groups is 4. The minimum Gasteiger partial charge on any atom is -0.468 e. The van der Waals surface area contributed by atoms with Gasteiger partial charge in [0.2, 0.25) is 0 Å². The van der Waals surface area contributed by atoms with Crippen LogP contribution in [0.2, 0.25) is 0 Å². The lowest BCUT2D eigenvalue weighted by molar-refractivity contribution is -0.207. The molecule has 180 valence electrons. The van der Waals surface area contributed by atoms with Crippen LogP contribution in [-0.2, 0) is 23.9 Å². The summed E-state index contributed by atoms with van der Waals surface area (Å²) >= 11 is 0. The van der Waals surface area contributed by atoms with Crippen LogP contribution < -0.4 is 0 Å². The number of carbonyl (C=O) groups excluding carboxylic acids is 4. The van der Waals surface area contributed by atoms with Gasteiger partial charge in [-0.1, -0.05) is 32.1 Å². The van der Waals surface area contributed by atoms with Crippen LogP contribution in [0.25, 0.3) is 0 Å². The molecule has 0 aromatic heterocycles. The second kappa shape index (κ2) is 6.30. The van der Waals surface area contributed by atoms with E-state index >= 15 is 0 Å². The molecule has 2 bridgehead atoms. The molecule has 4 aliphatic carbocycles. The van der Waals surface area contributed by atoms with E-state index in [4.69, 9.17) is 4.74 Å². The lowest BCUT2D eigenvalue weighted by Crippen LogP contribution is -2.77. The number of aliphatic hydroxyl groups is 2. The maximum Gasteiger partial charge on any atom is 0.324 e. The molecule has 3 fully saturated rings. The molecule has 0 spiro atoms. The van der Waals surface area contributed by atoms with E-state index in [0.717, 1.165) is 12.5 Å². The van der Waals surface area contributed by atoms with E-state index in [9.17, 15) is 29.4 Å². The first-order valence-corrected chi connectivity index (χ1v) is 11.5. The zero-order valence-corrected chi connectivity index (χ0v) is 20.5. The Labute approximate surface area is 194 Å². The zero-order chi connectivity index (χ0) is 25.2. The largest absolute Gasteiger partial charge is 0.468 e. The second-order valence-corrected chi connectivity index (χ2v) is 11.8. The molecule has 2 N–H and O–H groups in total. The third-order valence-electron chi connectivity index (χ3n) is 10.1. The van der Waals surface area contributed by atoms with E-state index in [1.165, 1.54) is 7.11 Å². The smallest absolute Gasteiger partial charge is 0.324 e. The van der Waals surface area contributed by atoms with Gasteiger partial charge in [0, 0.05) is 22.7 Å². The number of aliphatic hydroxyl groups excluding tert-OH is 1. The molecule has 33 heavy (non-hydrogen) atoms. The first-order chi connectivity index (χ1) is 14.9. The summed E-state index contributed by atoms with van der Waals surface area (Å²) in [7, 11) is 1.18. The fraction of sp³-hybridized carbons (Fsp3) is 0.692. The predicted octanol–water partition coefficient (Wildman–Crippen LogP) is 2.33. The quantitative estimate of drug-likeness (QED) is 0.352. The molecule has 0 heterocycles. The Morgan fingerprint density at radius 3 is 2.21 bits per heavy atom. The van der Waals surface area contributed by atoms with Crippen molar-refractivity contribution < 1.29 is 34.1 Å². The van der Waals surface area contributed by atoms with Gasteiger partial charge in [0.1, 0.15) is 5.78 Å². The molecular weight excluding hydrogens is 424 g/mol. The number of Topliss-reactive ketones (excluding diaryl/α,β-unsaturated/α-hetero) is 3. The van der Waals surface area contributed by atoms with Crippen molar-refractivity contribution >= 4 is 23.3 Å². The standard InChI is InChI=1S/C26H34O7/c1-13-22(4)12-15-23(5,26(13,20(31)33-8)19(30)25(7,32)18(22)29)10-9-14-21(2,3)16(27)11-17(28)24(14,15)6/h9,15,17,28,32H,1,10-12H2,2-8H3. The number of fused-ring (bicyclic) bond motifs is 6. The van der Waals surface area contributed by atoms with Crippen molar-refractivity contribution in [3.05, 3.63) is 23.8 Å². The molecule has 0 aliphatic heterocycles. The molecule has 0 amide bonds. The van der Waals surface area contributed by atoms with Crippen LogP contribution in [0.4, 0.5) is 0 Å². The van der Waals surface area contributed by atoms with E-state index in [2.05, 4.69) is 6.58 Å². The Balaban J connectivity index is 2.11. The highest BCUT2D eigenvalue weighted by Gasteiger charge is 2.81. The summed E-state index contributed by atoms with van der Waals surface area (Å²) < 4.78 is 5.17. The van der Waals surface area contributed by atoms with E-state index in [0.29, 0.717) is 0 Å². The number of esters is 1. The third-order valence-corrected chi connectivity index (χ3v) is 10.1. The van der Waals surface area contributed by atoms with Gasteiger partial charge in [0.15, 0.2) is 22.6 Å². The lowest BCUT2D eigenvalue weighted by Gasteiger charge is -2.69. The predicted molar refractivity (Wildman–Crippen MR) is 119 cm³/mol. The topological polar surface area (TPSA) is 118 Å². The molecule has 0 aromatic carbocycles. The van der Waals surface area contributed by atoms with Gasteiger partial charge in [-0.15, -0.1) is 0 Å². The van der Waals surface area contributed by atoms with Crippen molar-refractivity contribution in [3.63, 3.8) is 0 Å². The van der Waals surface area contributed by atoms with Gasteiger partial charge in [0.25, 0.3) is 0 Å². The molecule has 3 saturated carbocycles. The summed E-state index contributed by atoms with van der Waals surface area (Å²) in [6.45, 7) is 14.2. The number of ketones is 3. The molecule has 7 unspecified atom stereocenters. The Bertz CT molecular complexity index is 1050. The van der Waals surface area contributed by atoms with Crippen molar-refractivity contribution in [2.45, 2.75) is 72.5 Å². The third kappa shape index (κ3) is 2.24. The Kier molecular flexibility index (Phi) is 4.59. The summed E-state index contributed by atoms with van der Waals surface area (Å²) in [6.07, 6.45) is 1.17. The average Bonchev–Trinajstić information content (AvgIpc) is 2.73. The molecule has 7 atom stereocenters. The number of allylic oxidation sites excluding steroid dienone is 1. The van der Waals surface area contributed by atoms with Gasteiger partial charge < -0.3 is 14.9 Å². The lowest BCUT2D eigenvalue weighted by atomic mass is 9.31. The average molecular weight is 459 g/mol. The van der Waals surface area contributed by atoms with E-state index in [-0.39, 0.29) is 30.6 Å². The second-order valence-electron chi connectivity index (χ2n) is 11.8. The van der Waals surface area contributed by atoms with Gasteiger partial charge in [-0.05, 0) is 52.0 Å². The summed E-state index contributed by atoms with van der Waals surface area (Å²) in [6, 6.07) is 0. The van der Waals surface area contributed by atoms with Crippen molar-refractivity contribution in [2.24, 2.45) is 33.0 Å². The maximum atomic E-state index is 14.0. The van der Waals surface area contributed by atoms with Crippen molar-refractivity contribution in [2.75, 3.05) is 7.11 Å².